The fraction of sp³-hybridized carbons (Fsp3) is 0.643. The molecule has 0 bridgehead atoms. The van der Waals surface area contributed by atoms with Gasteiger partial charge in [-0.2, -0.15) is 0 Å². The monoisotopic (exact) mass is 267 g/mol. The highest BCUT2D eigenvalue weighted by Crippen LogP contribution is 2.18. The number of methoxy groups -OCH3 is 1. The number of hydrogen-bond donors (Lipinski definition) is 0. The van der Waals surface area contributed by atoms with Crippen molar-refractivity contribution in [1.82, 2.24) is 4.90 Å². The standard InChI is InChI=1S/C14H21NO4/c1-11-3-4-13(19-11)9-15(6-8-17-2)14(16)12-5-7-18-10-12/h3-4,12H,5-10H2,1-2H3. The molecular formula is C14H21NO4. The van der Waals surface area contributed by atoms with Gasteiger partial charge in [0.1, 0.15) is 11.5 Å². The SMILES string of the molecule is COCCN(Cc1ccc(C)o1)C(=O)C1CCOC1. The van der Waals surface area contributed by atoms with Gasteiger partial charge in [0, 0.05) is 20.3 Å². The highest BCUT2D eigenvalue weighted by molar-refractivity contribution is 5.79. The van der Waals surface area contributed by atoms with Gasteiger partial charge in [-0.1, -0.05) is 0 Å². The molecular weight excluding hydrogens is 246 g/mol. The minimum absolute atomic E-state index is 0.0204. The van der Waals surface area contributed by atoms with Crippen molar-refractivity contribution in [2.45, 2.75) is 19.9 Å². The van der Waals surface area contributed by atoms with Crippen LogP contribution in [0.25, 0.3) is 0 Å². The van der Waals surface area contributed by atoms with Crippen LogP contribution in [0.15, 0.2) is 16.5 Å². The van der Waals surface area contributed by atoms with Crippen LogP contribution in [-0.4, -0.2) is 44.3 Å². The summed E-state index contributed by atoms with van der Waals surface area (Å²) in [6.45, 7) is 4.70. The largest absolute Gasteiger partial charge is 0.464 e. The van der Waals surface area contributed by atoms with Crippen molar-refractivity contribution in [1.29, 1.82) is 0 Å². The molecule has 0 N–H and O–H groups in total. The number of carbonyl (C=O) groups is 1. The Labute approximate surface area is 113 Å². The van der Waals surface area contributed by atoms with Crippen LogP contribution >= 0.6 is 0 Å². The Bertz CT molecular complexity index is 409. The molecule has 1 aliphatic rings. The van der Waals surface area contributed by atoms with Crippen LogP contribution in [0.2, 0.25) is 0 Å². The third-order valence-electron chi connectivity index (χ3n) is 3.30. The summed E-state index contributed by atoms with van der Waals surface area (Å²) in [5.41, 5.74) is 0. The van der Waals surface area contributed by atoms with Crippen LogP contribution in [0.1, 0.15) is 17.9 Å². The van der Waals surface area contributed by atoms with Crippen LogP contribution in [0, 0.1) is 12.8 Å². The molecule has 0 aliphatic carbocycles. The molecule has 0 spiro atoms. The summed E-state index contributed by atoms with van der Waals surface area (Å²) in [4.78, 5) is 14.2. The zero-order valence-corrected chi connectivity index (χ0v) is 11.6. The summed E-state index contributed by atoms with van der Waals surface area (Å²) >= 11 is 0. The zero-order chi connectivity index (χ0) is 13.7. The number of furan rings is 1. The normalized spacial score (nSPS) is 18.7. The summed E-state index contributed by atoms with van der Waals surface area (Å²) in [7, 11) is 1.64. The number of ether oxygens (including phenoxy) is 2. The number of hydrogen-bond acceptors (Lipinski definition) is 4. The van der Waals surface area contributed by atoms with Crippen LogP contribution in [0.4, 0.5) is 0 Å². The topological polar surface area (TPSA) is 51.9 Å². The molecule has 1 aromatic rings. The Morgan fingerprint density at radius 3 is 2.95 bits per heavy atom. The number of aryl methyl sites for hydroxylation is 1. The summed E-state index contributed by atoms with van der Waals surface area (Å²) in [6.07, 6.45) is 0.805. The molecule has 0 aromatic carbocycles. The molecule has 106 valence electrons. The van der Waals surface area contributed by atoms with Gasteiger partial charge in [0.15, 0.2) is 0 Å². The van der Waals surface area contributed by atoms with E-state index in [0.29, 0.717) is 32.9 Å². The van der Waals surface area contributed by atoms with Crippen molar-refractivity contribution in [3.63, 3.8) is 0 Å². The third-order valence-corrected chi connectivity index (χ3v) is 3.30. The minimum atomic E-state index is -0.0204. The second kappa shape index (κ2) is 6.73. The Morgan fingerprint density at radius 2 is 2.37 bits per heavy atom. The first kappa shape index (κ1) is 14.1. The van der Waals surface area contributed by atoms with Gasteiger partial charge in [0.2, 0.25) is 5.91 Å². The van der Waals surface area contributed by atoms with E-state index in [0.717, 1.165) is 17.9 Å². The maximum absolute atomic E-state index is 12.4. The van der Waals surface area contributed by atoms with Crippen molar-refractivity contribution in [3.8, 4) is 0 Å². The second-order valence-electron chi connectivity index (χ2n) is 4.83. The van der Waals surface area contributed by atoms with Gasteiger partial charge in [-0.3, -0.25) is 4.79 Å². The average molecular weight is 267 g/mol. The van der Waals surface area contributed by atoms with E-state index in [-0.39, 0.29) is 11.8 Å². The van der Waals surface area contributed by atoms with E-state index in [1.807, 2.05) is 19.1 Å². The maximum Gasteiger partial charge on any atom is 0.228 e. The zero-order valence-electron chi connectivity index (χ0n) is 11.6. The van der Waals surface area contributed by atoms with Crippen molar-refractivity contribution in [3.05, 3.63) is 23.7 Å². The first-order valence-corrected chi connectivity index (χ1v) is 6.61. The van der Waals surface area contributed by atoms with Crippen molar-refractivity contribution in [2.75, 3.05) is 33.5 Å². The Kier molecular flexibility index (Phi) is 4.99. The average Bonchev–Trinajstić information content (AvgIpc) is 3.05. The van der Waals surface area contributed by atoms with E-state index in [1.54, 1.807) is 12.0 Å². The lowest BCUT2D eigenvalue weighted by atomic mass is 10.1. The molecule has 0 saturated carbocycles. The van der Waals surface area contributed by atoms with E-state index in [2.05, 4.69) is 0 Å². The van der Waals surface area contributed by atoms with E-state index >= 15 is 0 Å². The molecule has 1 atom stereocenters. The predicted molar refractivity (Wildman–Crippen MR) is 69.7 cm³/mol. The summed E-state index contributed by atoms with van der Waals surface area (Å²) in [5.74, 6) is 1.77. The summed E-state index contributed by atoms with van der Waals surface area (Å²) < 4.78 is 15.9. The van der Waals surface area contributed by atoms with Gasteiger partial charge in [-0.15, -0.1) is 0 Å². The number of amides is 1. The fourth-order valence-electron chi connectivity index (χ4n) is 2.21. The number of carbonyl (C=O) groups excluding carboxylic acids is 1. The molecule has 5 heteroatoms. The van der Waals surface area contributed by atoms with E-state index < -0.39 is 0 Å². The van der Waals surface area contributed by atoms with Crippen molar-refractivity contribution >= 4 is 5.91 Å². The predicted octanol–water partition coefficient (Wildman–Crippen LogP) is 1.60. The van der Waals surface area contributed by atoms with Gasteiger partial charge in [0.05, 0.1) is 25.7 Å². The first-order valence-electron chi connectivity index (χ1n) is 6.61. The highest BCUT2D eigenvalue weighted by atomic mass is 16.5. The van der Waals surface area contributed by atoms with Crippen molar-refractivity contribution in [2.24, 2.45) is 5.92 Å². The molecule has 0 radical (unpaired) electrons. The lowest BCUT2D eigenvalue weighted by Gasteiger charge is -2.24. The van der Waals surface area contributed by atoms with E-state index in [1.165, 1.54) is 0 Å². The molecule has 1 fully saturated rings. The van der Waals surface area contributed by atoms with Crippen LogP contribution in [-0.2, 0) is 20.8 Å². The molecule has 1 aliphatic heterocycles. The van der Waals surface area contributed by atoms with Gasteiger partial charge < -0.3 is 18.8 Å². The molecule has 1 aromatic heterocycles. The third kappa shape index (κ3) is 3.81. The summed E-state index contributed by atoms with van der Waals surface area (Å²) in [5, 5.41) is 0. The maximum atomic E-state index is 12.4. The van der Waals surface area contributed by atoms with E-state index in [9.17, 15) is 4.79 Å². The molecule has 5 nitrogen and oxygen atoms in total. The van der Waals surface area contributed by atoms with Crippen molar-refractivity contribution < 1.29 is 18.7 Å². The van der Waals surface area contributed by atoms with E-state index in [4.69, 9.17) is 13.9 Å². The molecule has 1 unspecified atom stereocenters. The van der Waals surface area contributed by atoms with Crippen LogP contribution in [0.3, 0.4) is 0 Å². The van der Waals surface area contributed by atoms with Gasteiger partial charge in [0.25, 0.3) is 0 Å². The summed E-state index contributed by atoms with van der Waals surface area (Å²) in [6, 6.07) is 3.82. The van der Waals surface area contributed by atoms with Crippen LogP contribution < -0.4 is 0 Å². The quantitative estimate of drug-likeness (QED) is 0.785. The highest BCUT2D eigenvalue weighted by Gasteiger charge is 2.28. The Hall–Kier alpha value is -1.33. The first-order chi connectivity index (χ1) is 9.20. The molecule has 1 saturated heterocycles. The van der Waals surface area contributed by atoms with Gasteiger partial charge >= 0.3 is 0 Å². The number of nitrogens with zero attached hydrogens (tertiary/aromatic N) is 1. The van der Waals surface area contributed by atoms with Gasteiger partial charge in [-0.05, 0) is 25.5 Å². The molecule has 2 rings (SSSR count). The minimum Gasteiger partial charge on any atom is -0.464 e. The fourth-order valence-corrected chi connectivity index (χ4v) is 2.21. The smallest absolute Gasteiger partial charge is 0.228 e. The lowest BCUT2D eigenvalue weighted by molar-refractivity contribution is -0.137. The lowest BCUT2D eigenvalue weighted by Crippen LogP contribution is -2.38. The molecule has 1 amide bonds. The van der Waals surface area contributed by atoms with Crippen LogP contribution in [0.5, 0.6) is 0 Å². The molecule has 19 heavy (non-hydrogen) atoms. The second-order valence-corrected chi connectivity index (χ2v) is 4.83. The Morgan fingerprint density at radius 1 is 1.53 bits per heavy atom. The Balaban J connectivity index is 1.99. The molecule has 2 heterocycles. The van der Waals surface area contributed by atoms with Gasteiger partial charge in [-0.25, -0.2) is 0 Å². The number of rotatable bonds is 6.